The van der Waals surface area contributed by atoms with Crippen molar-refractivity contribution < 1.29 is 4.74 Å². The fraction of sp³-hybridized carbons (Fsp3) is 0.333. The number of ether oxygens (including phenoxy) is 1. The molecule has 0 bridgehead atoms. The molecule has 0 spiro atoms. The Labute approximate surface area is 201 Å². The molecule has 1 aromatic heterocycles. The molecular formula is C24H24N2OS4. The molecule has 3 heterocycles. The predicted molar refractivity (Wildman–Crippen MR) is 138 cm³/mol. The van der Waals surface area contributed by atoms with Crippen molar-refractivity contribution in [2.75, 3.05) is 31.2 Å². The van der Waals surface area contributed by atoms with Crippen LogP contribution in [0.2, 0.25) is 0 Å². The van der Waals surface area contributed by atoms with E-state index in [1.807, 2.05) is 10.3 Å². The molecule has 0 unspecified atom stereocenters. The number of thiocarbonyl (C=S) groups is 1. The third kappa shape index (κ3) is 3.76. The Morgan fingerprint density at radius 1 is 1.06 bits per heavy atom. The summed E-state index contributed by atoms with van der Waals surface area (Å²) in [5.74, 6) is 0. The summed E-state index contributed by atoms with van der Waals surface area (Å²) < 4.78 is 6.48. The molecule has 2 aliphatic rings. The lowest BCUT2D eigenvalue weighted by atomic mass is 9.86. The Kier molecular flexibility index (Phi) is 5.73. The summed E-state index contributed by atoms with van der Waals surface area (Å²) in [4.78, 5) is 7.01. The molecule has 0 atom stereocenters. The first-order valence-electron chi connectivity index (χ1n) is 10.4. The monoisotopic (exact) mass is 484 g/mol. The number of morpholine rings is 1. The van der Waals surface area contributed by atoms with E-state index < -0.39 is 0 Å². The summed E-state index contributed by atoms with van der Waals surface area (Å²) in [6, 6.07) is 17.4. The summed E-state index contributed by atoms with van der Waals surface area (Å²) in [5.41, 5.74) is 5.92. The molecule has 0 radical (unpaired) electrons. The van der Waals surface area contributed by atoms with Crippen molar-refractivity contribution in [3.05, 3.63) is 68.4 Å². The molecule has 1 fully saturated rings. The van der Waals surface area contributed by atoms with Gasteiger partial charge in [0.2, 0.25) is 0 Å². The lowest BCUT2D eigenvalue weighted by Gasteiger charge is -2.45. The minimum atomic E-state index is -0.136. The first-order valence-corrected chi connectivity index (χ1v) is 13.4. The van der Waals surface area contributed by atoms with Crippen LogP contribution < -0.4 is 4.90 Å². The van der Waals surface area contributed by atoms with E-state index in [1.165, 1.54) is 27.3 Å². The molecule has 2 aliphatic heterocycles. The van der Waals surface area contributed by atoms with Gasteiger partial charge >= 0.3 is 0 Å². The highest BCUT2D eigenvalue weighted by Crippen LogP contribution is 2.52. The minimum absolute atomic E-state index is 0.136. The van der Waals surface area contributed by atoms with Crippen molar-refractivity contribution in [1.82, 2.24) is 4.90 Å². The number of nitrogens with zero attached hydrogens (tertiary/aromatic N) is 2. The number of rotatable bonds is 3. The summed E-state index contributed by atoms with van der Waals surface area (Å²) in [6.45, 7) is 8.63. The summed E-state index contributed by atoms with van der Waals surface area (Å²) in [5, 5.41) is 0. The van der Waals surface area contributed by atoms with Crippen LogP contribution >= 0.6 is 45.1 Å². The van der Waals surface area contributed by atoms with Gasteiger partial charge in [0.05, 0.1) is 23.6 Å². The normalized spacial score (nSPS) is 17.2. The number of benzene rings is 2. The van der Waals surface area contributed by atoms with E-state index in [1.54, 1.807) is 10.3 Å². The van der Waals surface area contributed by atoms with Crippen molar-refractivity contribution in [3.8, 4) is 11.1 Å². The van der Waals surface area contributed by atoms with Crippen LogP contribution in [0, 0.1) is 3.82 Å². The van der Waals surface area contributed by atoms with Gasteiger partial charge in [0, 0.05) is 42.0 Å². The average Bonchev–Trinajstić information content (AvgIpc) is 3.20. The lowest BCUT2D eigenvalue weighted by Crippen LogP contribution is -2.43. The lowest BCUT2D eigenvalue weighted by molar-refractivity contribution is 0.0693. The minimum Gasteiger partial charge on any atom is -0.378 e. The van der Waals surface area contributed by atoms with Crippen LogP contribution in [-0.2, 0) is 16.8 Å². The summed E-state index contributed by atoms with van der Waals surface area (Å²) >= 11 is 11.7. The van der Waals surface area contributed by atoms with Crippen LogP contribution in [0.3, 0.4) is 0 Å². The summed E-state index contributed by atoms with van der Waals surface area (Å²) in [6.07, 6.45) is 0. The standard InChI is InChI=1S/C24H24N2OS4/c1-24(2)21-20(23(29)31-30-21)18-14-17(22(28)25-10-12-27-13-11-25)8-9-19(18)26(24)15-16-6-4-3-5-7-16/h3-9,14H,10-13,15H2,1-2H3. The molecule has 3 nitrogen and oxygen atoms in total. The zero-order valence-electron chi connectivity index (χ0n) is 17.6. The fourth-order valence-electron chi connectivity index (χ4n) is 4.42. The van der Waals surface area contributed by atoms with Gasteiger partial charge in [-0.25, -0.2) is 0 Å². The Hall–Kier alpha value is -1.64. The largest absolute Gasteiger partial charge is 0.378 e. The van der Waals surface area contributed by atoms with Gasteiger partial charge < -0.3 is 14.5 Å². The molecule has 160 valence electrons. The molecule has 5 rings (SSSR count). The number of anilines is 1. The van der Waals surface area contributed by atoms with Gasteiger partial charge in [-0.1, -0.05) is 75.4 Å². The molecule has 31 heavy (non-hydrogen) atoms. The first-order chi connectivity index (χ1) is 15.0. The molecule has 0 amide bonds. The maximum Gasteiger partial charge on any atom is 0.110 e. The van der Waals surface area contributed by atoms with E-state index in [-0.39, 0.29) is 5.54 Å². The van der Waals surface area contributed by atoms with Crippen LogP contribution in [0.15, 0.2) is 48.5 Å². The topological polar surface area (TPSA) is 15.7 Å². The highest BCUT2D eigenvalue weighted by atomic mass is 32.9. The fourth-order valence-corrected chi connectivity index (χ4v) is 8.03. The molecule has 0 saturated carbocycles. The van der Waals surface area contributed by atoms with E-state index in [2.05, 4.69) is 72.2 Å². The van der Waals surface area contributed by atoms with Gasteiger partial charge in [-0.3, -0.25) is 0 Å². The molecular weight excluding hydrogens is 461 g/mol. The van der Waals surface area contributed by atoms with Crippen LogP contribution in [0.1, 0.15) is 29.9 Å². The van der Waals surface area contributed by atoms with Gasteiger partial charge in [-0.05, 0) is 37.6 Å². The van der Waals surface area contributed by atoms with E-state index in [0.29, 0.717) is 0 Å². The van der Waals surface area contributed by atoms with Crippen molar-refractivity contribution in [2.24, 2.45) is 0 Å². The first kappa shape index (κ1) is 21.2. The van der Waals surface area contributed by atoms with Crippen LogP contribution in [-0.4, -0.2) is 36.2 Å². The van der Waals surface area contributed by atoms with Gasteiger partial charge in [0.25, 0.3) is 0 Å². The van der Waals surface area contributed by atoms with Gasteiger partial charge in [-0.15, -0.1) is 0 Å². The second kappa shape index (κ2) is 8.37. The van der Waals surface area contributed by atoms with Crippen molar-refractivity contribution in [1.29, 1.82) is 0 Å². The molecule has 2 aromatic carbocycles. The Bertz CT molecular complexity index is 1180. The highest BCUT2D eigenvalue weighted by molar-refractivity contribution is 7.80. The Morgan fingerprint density at radius 2 is 1.81 bits per heavy atom. The van der Waals surface area contributed by atoms with Gasteiger partial charge in [-0.2, -0.15) is 0 Å². The van der Waals surface area contributed by atoms with E-state index in [4.69, 9.17) is 29.2 Å². The van der Waals surface area contributed by atoms with Crippen LogP contribution in [0.4, 0.5) is 5.69 Å². The maximum atomic E-state index is 5.87. The molecule has 3 aromatic rings. The van der Waals surface area contributed by atoms with Crippen molar-refractivity contribution in [3.63, 3.8) is 0 Å². The zero-order chi connectivity index (χ0) is 21.6. The second-order valence-electron chi connectivity index (χ2n) is 8.43. The number of fused-ring (bicyclic) bond motifs is 3. The van der Waals surface area contributed by atoms with E-state index in [9.17, 15) is 0 Å². The average molecular weight is 485 g/mol. The third-order valence-corrected chi connectivity index (χ3v) is 9.97. The van der Waals surface area contributed by atoms with Gasteiger partial charge in [0.1, 0.15) is 8.81 Å². The van der Waals surface area contributed by atoms with E-state index in [0.717, 1.165) is 47.2 Å². The molecule has 1 saturated heterocycles. The van der Waals surface area contributed by atoms with Crippen LogP contribution in [0.25, 0.3) is 11.1 Å². The predicted octanol–water partition coefficient (Wildman–Crippen LogP) is 6.47. The molecule has 0 aliphatic carbocycles. The third-order valence-electron chi connectivity index (χ3n) is 6.15. The van der Waals surface area contributed by atoms with E-state index >= 15 is 0 Å². The number of hydrogen-bond acceptors (Lipinski definition) is 6. The second-order valence-corrected chi connectivity index (χ2v) is 11.6. The highest BCUT2D eigenvalue weighted by Gasteiger charge is 2.40. The van der Waals surface area contributed by atoms with Crippen molar-refractivity contribution >= 4 is 55.8 Å². The smallest absolute Gasteiger partial charge is 0.110 e. The summed E-state index contributed by atoms with van der Waals surface area (Å²) in [7, 11) is 3.52. The molecule has 7 heteroatoms. The Balaban J connectivity index is 1.61. The number of hydrogen-bond donors (Lipinski definition) is 0. The zero-order valence-corrected chi connectivity index (χ0v) is 20.9. The molecule has 0 N–H and O–H groups in total. The Morgan fingerprint density at radius 3 is 2.55 bits per heavy atom. The SMILES string of the molecule is CC1(C)c2ssc(=S)c2-c2cc(C(=S)N3CCOCC3)ccc2N1Cc1ccccc1. The quantitative estimate of drug-likeness (QED) is 0.312. The van der Waals surface area contributed by atoms with Crippen LogP contribution in [0.5, 0.6) is 0 Å². The van der Waals surface area contributed by atoms with Gasteiger partial charge in [0.15, 0.2) is 0 Å². The van der Waals surface area contributed by atoms with Crippen molar-refractivity contribution in [2.45, 2.75) is 25.9 Å². The maximum absolute atomic E-state index is 5.87.